The number of rotatable bonds is 4. The van der Waals surface area contributed by atoms with E-state index >= 15 is 0 Å². The smallest absolute Gasteiger partial charge is 0.313 e. The van der Waals surface area contributed by atoms with Crippen LogP contribution in [0.1, 0.15) is 17.2 Å². The lowest BCUT2D eigenvalue weighted by Gasteiger charge is -2.12. The van der Waals surface area contributed by atoms with Crippen molar-refractivity contribution in [1.82, 2.24) is 25.3 Å². The van der Waals surface area contributed by atoms with Crippen molar-refractivity contribution < 1.29 is 9.90 Å². The maximum atomic E-state index is 11.6. The molecule has 106 valence electrons. The number of aliphatic carboxylic acids is 1. The number of carbonyl (C=O) groups is 1. The van der Waals surface area contributed by atoms with Crippen molar-refractivity contribution in [3.05, 3.63) is 52.1 Å². The Morgan fingerprint density at radius 2 is 2.10 bits per heavy atom. The molecule has 1 N–H and O–H groups in total. The Labute approximate surface area is 127 Å². The zero-order chi connectivity index (χ0) is 14.8. The van der Waals surface area contributed by atoms with Crippen molar-refractivity contribution in [1.29, 1.82) is 0 Å². The fraction of sp³-hybridized carbons (Fsp3) is 0.154. The van der Waals surface area contributed by atoms with Gasteiger partial charge in [-0.15, -0.1) is 9.73 Å². The summed E-state index contributed by atoms with van der Waals surface area (Å²) in [5.74, 6) is -1.71. The molecule has 0 radical (unpaired) electrons. The normalized spacial score (nSPS) is 12.4. The Bertz CT molecular complexity index is 804. The van der Waals surface area contributed by atoms with Crippen molar-refractivity contribution in [2.45, 2.75) is 12.3 Å². The molecular formula is C13H10BrN5O2. The predicted octanol–water partition coefficient (Wildman–Crippen LogP) is 1.69. The number of fused-ring (bicyclic) bond motifs is 1. The lowest BCUT2D eigenvalue weighted by atomic mass is 9.96. The monoisotopic (exact) mass is 347 g/mol. The molecule has 0 aliphatic heterocycles. The van der Waals surface area contributed by atoms with Crippen LogP contribution >= 0.6 is 15.9 Å². The molecule has 2 aromatic heterocycles. The van der Waals surface area contributed by atoms with Crippen LogP contribution in [0, 0.1) is 0 Å². The van der Waals surface area contributed by atoms with Crippen LogP contribution in [-0.4, -0.2) is 36.3 Å². The van der Waals surface area contributed by atoms with Crippen molar-refractivity contribution in [2.75, 3.05) is 0 Å². The van der Waals surface area contributed by atoms with Crippen LogP contribution in [0.2, 0.25) is 0 Å². The highest BCUT2D eigenvalue weighted by Crippen LogP contribution is 2.24. The van der Waals surface area contributed by atoms with Gasteiger partial charge in [-0.1, -0.05) is 34.1 Å². The van der Waals surface area contributed by atoms with Gasteiger partial charge in [0, 0.05) is 4.47 Å². The van der Waals surface area contributed by atoms with Gasteiger partial charge < -0.3 is 5.11 Å². The number of carboxylic acid groups (broad SMARTS) is 1. The highest BCUT2D eigenvalue weighted by Gasteiger charge is 2.23. The molecule has 0 saturated carbocycles. The number of benzene rings is 1. The van der Waals surface area contributed by atoms with Crippen LogP contribution in [0.25, 0.3) is 5.65 Å². The van der Waals surface area contributed by atoms with E-state index < -0.39 is 11.9 Å². The molecule has 0 amide bonds. The fourth-order valence-electron chi connectivity index (χ4n) is 2.05. The molecule has 0 aliphatic carbocycles. The molecule has 21 heavy (non-hydrogen) atoms. The van der Waals surface area contributed by atoms with E-state index in [1.54, 1.807) is 12.1 Å². The maximum absolute atomic E-state index is 11.6. The summed E-state index contributed by atoms with van der Waals surface area (Å²) in [6, 6.07) is 10.8. The minimum absolute atomic E-state index is 0.331. The van der Waals surface area contributed by atoms with Crippen LogP contribution in [0.4, 0.5) is 0 Å². The molecule has 1 unspecified atom stereocenters. The van der Waals surface area contributed by atoms with Gasteiger partial charge in [-0.2, -0.15) is 5.10 Å². The molecule has 0 aliphatic rings. The molecule has 0 bridgehead atoms. The number of carboxylic acids is 1. The summed E-state index contributed by atoms with van der Waals surface area (Å²) in [5.41, 5.74) is 1.80. The van der Waals surface area contributed by atoms with Gasteiger partial charge in [-0.05, 0) is 40.6 Å². The third kappa shape index (κ3) is 2.75. The molecule has 0 saturated heterocycles. The molecule has 7 nitrogen and oxygen atoms in total. The Morgan fingerprint density at radius 3 is 2.86 bits per heavy atom. The van der Waals surface area contributed by atoms with Gasteiger partial charge in [0.15, 0.2) is 5.65 Å². The molecule has 1 atom stereocenters. The molecule has 3 rings (SSSR count). The van der Waals surface area contributed by atoms with E-state index in [1.165, 1.54) is 4.63 Å². The number of aromatic nitrogens is 5. The lowest BCUT2D eigenvalue weighted by Crippen LogP contribution is -2.17. The van der Waals surface area contributed by atoms with Crippen LogP contribution < -0.4 is 0 Å². The minimum atomic E-state index is -0.939. The van der Waals surface area contributed by atoms with Crippen LogP contribution in [0.5, 0.6) is 0 Å². The fourth-order valence-corrected chi connectivity index (χ4v) is 2.50. The Balaban J connectivity index is 1.97. The van der Waals surface area contributed by atoms with Crippen LogP contribution in [-0.2, 0) is 11.2 Å². The predicted molar refractivity (Wildman–Crippen MR) is 76.8 cm³/mol. The number of hydrogen-bond acceptors (Lipinski definition) is 5. The minimum Gasteiger partial charge on any atom is -0.481 e. The van der Waals surface area contributed by atoms with Gasteiger partial charge in [0.2, 0.25) is 0 Å². The van der Waals surface area contributed by atoms with E-state index in [4.69, 9.17) is 0 Å². The van der Waals surface area contributed by atoms with Crippen molar-refractivity contribution in [3.8, 4) is 0 Å². The number of halogens is 1. The Kier molecular flexibility index (Phi) is 3.61. The van der Waals surface area contributed by atoms with E-state index in [9.17, 15) is 9.90 Å². The topological polar surface area (TPSA) is 93.3 Å². The number of hydrogen-bond donors (Lipinski definition) is 1. The van der Waals surface area contributed by atoms with Crippen molar-refractivity contribution in [3.63, 3.8) is 0 Å². The standard InChI is InChI=1S/C13H10BrN5O2/c14-10-4-2-1-3-8(10)7-9(13(20)21)11-5-6-12-15-17-18-19(12)16-11/h1-6,9H,7H2,(H,20,21). The molecular weight excluding hydrogens is 338 g/mol. The first-order valence-corrected chi connectivity index (χ1v) is 6.96. The summed E-state index contributed by atoms with van der Waals surface area (Å²) >= 11 is 3.43. The maximum Gasteiger partial charge on any atom is 0.313 e. The average molecular weight is 348 g/mol. The van der Waals surface area contributed by atoms with Gasteiger partial charge in [-0.3, -0.25) is 4.79 Å². The van der Waals surface area contributed by atoms with Gasteiger partial charge in [0.25, 0.3) is 0 Å². The lowest BCUT2D eigenvalue weighted by molar-refractivity contribution is -0.138. The summed E-state index contributed by atoms with van der Waals surface area (Å²) in [5, 5.41) is 24.6. The third-order valence-electron chi connectivity index (χ3n) is 3.13. The summed E-state index contributed by atoms with van der Waals surface area (Å²) in [7, 11) is 0. The summed E-state index contributed by atoms with van der Waals surface area (Å²) in [6.45, 7) is 0. The van der Waals surface area contributed by atoms with E-state index in [0.717, 1.165) is 10.0 Å². The van der Waals surface area contributed by atoms with E-state index in [0.29, 0.717) is 17.8 Å². The second-order valence-corrected chi connectivity index (χ2v) is 5.33. The molecule has 0 fully saturated rings. The largest absolute Gasteiger partial charge is 0.481 e. The second-order valence-electron chi connectivity index (χ2n) is 4.47. The second kappa shape index (κ2) is 5.57. The van der Waals surface area contributed by atoms with Crippen LogP contribution in [0.15, 0.2) is 40.9 Å². The molecule has 0 spiro atoms. The highest BCUT2D eigenvalue weighted by atomic mass is 79.9. The van der Waals surface area contributed by atoms with Gasteiger partial charge in [0.05, 0.1) is 5.69 Å². The Morgan fingerprint density at radius 1 is 1.29 bits per heavy atom. The molecule has 3 aromatic rings. The quantitative estimate of drug-likeness (QED) is 0.771. The van der Waals surface area contributed by atoms with Gasteiger partial charge in [-0.25, -0.2) is 0 Å². The Hall–Kier alpha value is -2.35. The van der Waals surface area contributed by atoms with Gasteiger partial charge in [0.1, 0.15) is 5.92 Å². The molecule has 2 heterocycles. The number of nitrogens with zero attached hydrogens (tertiary/aromatic N) is 5. The first-order valence-electron chi connectivity index (χ1n) is 6.16. The van der Waals surface area contributed by atoms with E-state index in [2.05, 4.69) is 36.6 Å². The number of tetrazole rings is 1. The zero-order valence-electron chi connectivity index (χ0n) is 10.7. The first kappa shape index (κ1) is 13.6. The third-order valence-corrected chi connectivity index (χ3v) is 3.90. The van der Waals surface area contributed by atoms with E-state index in [1.807, 2.05) is 24.3 Å². The molecule has 8 heteroatoms. The zero-order valence-corrected chi connectivity index (χ0v) is 12.3. The van der Waals surface area contributed by atoms with E-state index in [-0.39, 0.29) is 0 Å². The SMILES string of the molecule is O=C(O)C(Cc1ccccc1Br)c1ccc2nnnn2n1. The van der Waals surface area contributed by atoms with Crippen molar-refractivity contribution in [2.24, 2.45) is 0 Å². The summed E-state index contributed by atoms with van der Waals surface area (Å²) in [4.78, 5) is 11.6. The van der Waals surface area contributed by atoms with Gasteiger partial charge >= 0.3 is 5.97 Å². The summed E-state index contributed by atoms with van der Waals surface area (Å²) in [6.07, 6.45) is 0.331. The molecule has 1 aromatic carbocycles. The highest BCUT2D eigenvalue weighted by molar-refractivity contribution is 9.10. The first-order chi connectivity index (χ1) is 10.1. The summed E-state index contributed by atoms with van der Waals surface area (Å²) < 4.78 is 2.10. The average Bonchev–Trinajstić information content (AvgIpc) is 2.93. The van der Waals surface area contributed by atoms with Crippen molar-refractivity contribution >= 4 is 27.5 Å². The van der Waals surface area contributed by atoms with Crippen LogP contribution in [0.3, 0.4) is 0 Å².